The minimum absolute atomic E-state index is 0.137. The number of rotatable bonds is 5. The van der Waals surface area contributed by atoms with Gasteiger partial charge in [0.1, 0.15) is 11.3 Å². The first kappa shape index (κ1) is 15.4. The number of nitrogens with zero attached hydrogens (tertiary/aromatic N) is 1. The molecule has 1 aromatic carbocycles. The van der Waals surface area contributed by atoms with Gasteiger partial charge in [-0.25, -0.2) is 4.79 Å². The van der Waals surface area contributed by atoms with E-state index in [0.717, 1.165) is 42.3 Å². The van der Waals surface area contributed by atoms with Crippen LogP contribution in [0.1, 0.15) is 41.1 Å². The van der Waals surface area contributed by atoms with E-state index < -0.39 is 13.1 Å². The molecule has 4 rings (SSSR count). The van der Waals surface area contributed by atoms with Crippen molar-refractivity contribution in [1.29, 1.82) is 0 Å². The Bertz CT molecular complexity index is 635. The molecule has 2 atom stereocenters. The molecular formula is C16H20BNO4S. The smallest absolute Gasteiger partial charge is 0.526 e. The normalized spacial score (nSPS) is 25.7. The van der Waals surface area contributed by atoms with Gasteiger partial charge in [-0.15, -0.1) is 11.8 Å². The molecule has 2 heterocycles. The number of thioether (sulfide) groups is 1. The summed E-state index contributed by atoms with van der Waals surface area (Å²) in [6, 6.07) is 3.89. The van der Waals surface area contributed by atoms with Crippen molar-refractivity contribution < 1.29 is 19.6 Å². The maximum atomic E-state index is 11.8. The van der Waals surface area contributed by atoms with Crippen molar-refractivity contribution in [3.63, 3.8) is 0 Å². The predicted octanol–water partition coefficient (Wildman–Crippen LogP) is 2.30. The van der Waals surface area contributed by atoms with Crippen LogP contribution in [0, 0.1) is 0 Å². The molecule has 1 saturated carbocycles. The highest BCUT2D eigenvalue weighted by Gasteiger charge is 2.54. The average Bonchev–Trinajstić information content (AvgIpc) is 3.17. The van der Waals surface area contributed by atoms with Crippen molar-refractivity contribution in [3.8, 4) is 5.75 Å². The summed E-state index contributed by atoms with van der Waals surface area (Å²) < 4.78 is 5.55. The van der Waals surface area contributed by atoms with Gasteiger partial charge in [0.25, 0.3) is 0 Å². The SMILES string of the molecule is O=C(O)c1c(SCCN2CCCC2)ccc2c1OB(O)C1CC21. The Kier molecular flexibility index (Phi) is 4.03. The van der Waals surface area contributed by atoms with E-state index in [9.17, 15) is 14.9 Å². The lowest BCUT2D eigenvalue weighted by molar-refractivity contribution is 0.0690. The van der Waals surface area contributed by atoms with Crippen LogP contribution in [0.2, 0.25) is 5.82 Å². The average molecular weight is 333 g/mol. The Morgan fingerprint density at radius 2 is 2.17 bits per heavy atom. The van der Waals surface area contributed by atoms with Crippen LogP contribution in [0.4, 0.5) is 0 Å². The number of carbonyl (C=O) groups is 1. The lowest BCUT2D eigenvalue weighted by atomic mass is 9.77. The van der Waals surface area contributed by atoms with Gasteiger partial charge in [0, 0.05) is 23.0 Å². The molecule has 1 saturated heterocycles. The standard InChI is InChI=1S/C16H20BNO4S/c19-16(20)14-13(23-8-7-18-5-1-2-6-18)4-3-10-11-9-12(11)17(21)22-15(10)14/h3-4,11-12,21H,1-2,5-9H2,(H,19,20). The molecule has 3 aliphatic rings. The van der Waals surface area contributed by atoms with Gasteiger partial charge >= 0.3 is 13.1 Å². The van der Waals surface area contributed by atoms with Crippen molar-refractivity contribution >= 4 is 24.8 Å². The Hall–Kier alpha value is -1.18. The molecule has 23 heavy (non-hydrogen) atoms. The number of aromatic carboxylic acids is 1. The number of fused-ring (bicyclic) bond motifs is 3. The topological polar surface area (TPSA) is 70.0 Å². The molecule has 2 fully saturated rings. The van der Waals surface area contributed by atoms with Gasteiger partial charge in [-0.2, -0.15) is 0 Å². The largest absolute Gasteiger partial charge is 0.535 e. The summed E-state index contributed by atoms with van der Waals surface area (Å²) in [5.41, 5.74) is 1.17. The summed E-state index contributed by atoms with van der Waals surface area (Å²) >= 11 is 1.57. The van der Waals surface area contributed by atoms with Gasteiger partial charge in [0.05, 0.1) is 0 Å². The molecule has 122 valence electrons. The van der Waals surface area contributed by atoms with E-state index in [1.165, 1.54) is 12.8 Å². The summed E-state index contributed by atoms with van der Waals surface area (Å²) in [7, 11) is -0.865. The van der Waals surface area contributed by atoms with Crippen LogP contribution < -0.4 is 4.65 Å². The fourth-order valence-electron chi connectivity index (χ4n) is 3.71. The number of carboxylic acids is 1. The van der Waals surface area contributed by atoms with Crippen LogP contribution in [0.25, 0.3) is 0 Å². The molecule has 5 nitrogen and oxygen atoms in total. The predicted molar refractivity (Wildman–Crippen MR) is 89.5 cm³/mol. The summed E-state index contributed by atoms with van der Waals surface area (Å²) in [5, 5.41) is 19.6. The van der Waals surface area contributed by atoms with E-state index in [1.807, 2.05) is 12.1 Å². The molecule has 0 spiro atoms. The zero-order chi connectivity index (χ0) is 16.0. The van der Waals surface area contributed by atoms with E-state index in [-0.39, 0.29) is 17.3 Å². The lowest BCUT2D eigenvalue weighted by Gasteiger charge is -2.22. The van der Waals surface area contributed by atoms with E-state index in [4.69, 9.17) is 4.65 Å². The van der Waals surface area contributed by atoms with E-state index in [0.29, 0.717) is 5.75 Å². The third-order valence-corrected chi connectivity index (χ3v) is 6.11. The van der Waals surface area contributed by atoms with Crippen LogP contribution in [0.5, 0.6) is 5.75 Å². The van der Waals surface area contributed by atoms with E-state index >= 15 is 0 Å². The highest BCUT2D eigenvalue weighted by atomic mass is 32.2. The first-order valence-electron chi connectivity index (χ1n) is 8.25. The molecule has 0 bridgehead atoms. The third-order valence-electron chi connectivity index (χ3n) is 5.07. The van der Waals surface area contributed by atoms with Crippen LogP contribution in [-0.2, 0) is 0 Å². The van der Waals surface area contributed by atoms with Crippen molar-refractivity contribution in [3.05, 3.63) is 23.3 Å². The second-order valence-electron chi connectivity index (χ2n) is 6.57. The highest BCUT2D eigenvalue weighted by molar-refractivity contribution is 7.99. The van der Waals surface area contributed by atoms with Gasteiger partial charge in [-0.3, -0.25) is 0 Å². The Morgan fingerprint density at radius 1 is 1.39 bits per heavy atom. The second-order valence-corrected chi connectivity index (χ2v) is 7.71. The number of likely N-dealkylation sites (tertiary alicyclic amines) is 1. The molecule has 1 aromatic rings. The number of carboxylic acid groups (broad SMARTS) is 1. The quantitative estimate of drug-likeness (QED) is 0.637. The summed E-state index contributed by atoms with van der Waals surface area (Å²) in [5.74, 6) is 0.674. The van der Waals surface area contributed by atoms with Crippen LogP contribution in [0.15, 0.2) is 17.0 Å². The van der Waals surface area contributed by atoms with Crippen molar-refractivity contribution in [2.45, 2.75) is 35.9 Å². The number of benzene rings is 1. The first-order chi connectivity index (χ1) is 11.1. The minimum atomic E-state index is -0.975. The van der Waals surface area contributed by atoms with Crippen molar-refractivity contribution in [2.24, 2.45) is 0 Å². The van der Waals surface area contributed by atoms with Crippen molar-refractivity contribution in [2.75, 3.05) is 25.4 Å². The fourth-order valence-corrected chi connectivity index (χ4v) is 4.77. The number of hydrogen-bond donors (Lipinski definition) is 2. The number of hydrogen-bond acceptors (Lipinski definition) is 5. The third kappa shape index (κ3) is 2.86. The van der Waals surface area contributed by atoms with Gasteiger partial charge in [-0.05, 0) is 49.9 Å². The van der Waals surface area contributed by atoms with E-state index in [1.54, 1.807) is 11.8 Å². The van der Waals surface area contributed by atoms with Gasteiger partial charge in [0.15, 0.2) is 0 Å². The van der Waals surface area contributed by atoms with Crippen LogP contribution in [-0.4, -0.2) is 53.5 Å². The van der Waals surface area contributed by atoms with Gasteiger partial charge in [0.2, 0.25) is 0 Å². The van der Waals surface area contributed by atoms with E-state index in [2.05, 4.69) is 4.90 Å². The van der Waals surface area contributed by atoms with Crippen LogP contribution in [0.3, 0.4) is 0 Å². The van der Waals surface area contributed by atoms with Crippen molar-refractivity contribution in [1.82, 2.24) is 4.90 Å². The maximum absolute atomic E-state index is 11.8. The molecule has 2 unspecified atom stereocenters. The molecule has 0 amide bonds. The maximum Gasteiger partial charge on any atom is 0.526 e. The summed E-state index contributed by atoms with van der Waals surface area (Å²) in [6.45, 7) is 3.28. The molecule has 2 N–H and O–H groups in total. The lowest BCUT2D eigenvalue weighted by Crippen LogP contribution is -2.27. The Morgan fingerprint density at radius 3 is 2.91 bits per heavy atom. The highest BCUT2D eigenvalue weighted by Crippen LogP contribution is 2.60. The Labute approximate surface area is 140 Å². The summed E-state index contributed by atoms with van der Waals surface area (Å²) in [6.07, 6.45) is 3.41. The van der Waals surface area contributed by atoms with Gasteiger partial charge in [-0.1, -0.05) is 6.07 Å². The molecule has 1 aliphatic carbocycles. The molecule has 2 aliphatic heterocycles. The zero-order valence-electron chi connectivity index (χ0n) is 12.9. The zero-order valence-corrected chi connectivity index (χ0v) is 13.7. The molecule has 0 aromatic heterocycles. The monoisotopic (exact) mass is 333 g/mol. The fraction of sp³-hybridized carbons (Fsp3) is 0.562. The molecule has 7 heteroatoms. The first-order valence-corrected chi connectivity index (χ1v) is 9.24. The molecule has 0 radical (unpaired) electrons. The second kappa shape index (κ2) is 6.04. The minimum Gasteiger partial charge on any atom is -0.535 e. The molecular weight excluding hydrogens is 313 g/mol. The summed E-state index contributed by atoms with van der Waals surface area (Å²) in [4.78, 5) is 14.9. The van der Waals surface area contributed by atoms with Crippen LogP contribution >= 0.6 is 11.8 Å². The Balaban J connectivity index is 1.54. The van der Waals surface area contributed by atoms with Gasteiger partial charge < -0.3 is 19.7 Å².